The minimum atomic E-state index is -2.16. The monoisotopic (exact) mass is 523 g/mol. The average molecular weight is 524 g/mol. The second-order valence-corrected chi connectivity index (χ2v) is 9.56. The number of carboxylic acids is 1. The normalized spacial score (nSPS) is 14.3. The van der Waals surface area contributed by atoms with Gasteiger partial charge in [0, 0.05) is 25.3 Å². The molecule has 0 spiro atoms. The Kier molecular flexibility index (Phi) is 13.1. The quantitative estimate of drug-likeness (QED) is 0.186. The smallest absolute Gasteiger partial charge is 0.477 e. The molecule has 10 heteroatoms. The summed E-state index contributed by atoms with van der Waals surface area (Å²) in [5.74, 6) is -2.22. The average Bonchev–Trinajstić information content (AvgIpc) is 2.79. The second kappa shape index (κ2) is 15.2. The number of carbonyl (C=O) groups is 4. The minimum absolute atomic E-state index is 0.00318. The van der Waals surface area contributed by atoms with Crippen molar-refractivity contribution in [3.63, 3.8) is 0 Å². The van der Waals surface area contributed by atoms with E-state index in [1.165, 1.54) is 18.2 Å². The van der Waals surface area contributed by atoms with Gasteiger partial charge in [0.05, 0.1) is 6.61 Å². The van der Waals surface area contributed by atoms with E-state index in [1.807, 2.05) is 27.7 Å². The van der Waals surface area contributed by atoms with Crippen LogP contribution in [0.4, 0.5) is 4.79 Å². The van der Waals surface area contributed by atoms with Crippen LogP contribution in [0.1, 0.15) is 79.7 Å². The summed E-state index contributed by atoms with van der Waals surface area (Å²) in [5, 5.41) is 12.8. The highest BCUT2D eigenvalue weighted by atomic mass is 16.7. The molecule has 0 saturated carbocycles. The van der Waals surface area contributed by atoms with Crippen LogP contribution in [0, 0.1) is 11.8 Å². The first-order valence-corrected chi connectivity index (χ1v) is 12.8. The Morgan fingerprint density at radius 1 is 0.892 bits per heavy atom. The Balaban J connectivity index is 3.40. The molecule has 1 rings (SSSR count). The van der Waals surface area contributed by atoms with E-state index in [0.29, 0.717) is 5.56 Å². The molecule has 0 aliphatic rings. The van der Waals surface area contributed by atoms with Gasteiger partial charge in [0.2, 0.25) is 0 Å². The Labute approximate surface area is 219 Å². The molecule has 0 heterocycles. The van der Waals surface area contributed by atoms with E-state index in [1.54, 1.807) is 20.8 Å². The zero-order valence-electron chi connectivity index (χ0n) is 22.9. The summed E-state index contributed by atoms with van der Waals surface area (Å²) < 4.78 is 21.1. The summed E-state index contributed by atoms with van der Waals surface area (Å²) in [7, 11) is 0. The SMILES string of the molecule is CCOC(=O)O[C@](Cc1ccc(OC(=O)CC(C)CC)c(OC(=O)CC(C)CC)c1)(NC(C)C)C(=O)O. The van der Waals surface area contributed by atoms with Crippen molar-refractivity contribution in [3.8, 4) is 11.5 Å². The number of carbonyl (C=O) groups excluding carboxylic acids is 3. The molecular formula is C27H41NO9. The predicted molar refractivity (Wildman–Crippen MR) is 136 cm³/mol. The third kappa shape index (κ3) is 10.8. The molecule has 0 amide bonds. The van der Waals surface area contributed by atoms with Gasteiger partial charge in [-0.1, -0.05) is 46.6 Å². The molecule has 10 nitrogen and oxygen atoms in total. The second-order valence-electron chi connectivity index (χ2n) is 9.56. The molecule has 0 aliphatic carbocycles. The molecule has 0 radical (unpaired) electrons. The summed E-state index contributed by atoms with van der Waals surface area (Å²) in [6.07, 6.45) is 0.447. The Morgan fingerprint density at radius 2 is 1.43 bits per heavy atom. The van der Waals surface area contributed by atoms with E-state index in [4.69, 9.17) is 18.9 Å². The molecule has 1 aromatic carbocycles. The number of carboxylic acid groups (broad SMARTS) is 1. The van der Waals surface area contributed by atoms with Crippen molar-refractivity contribution in [1.82, 2.24) is 5.32 Å². The number of hydrogen-bond acceptors (Lipinski definition) is 9. The third-order valence-electron chi connectivity index (χ3n) is 5.72. The highest BCUT2D eigenvalue weighted by molar-refractivity contribution is 5.81. The fourth-order valence-corrected chi connectivity index (χ4v) is 3.35. The lowest BCUT2D eigenvalue weighted by Crippen LogP contribution is -2.59. The van der Waals surface area contributed by atoms with Gasteiger partial charge in [0.25, 0.3) is 5.72 Å². The standard InChI is InChI=1S/C27H41NO9/c1-8-18(6)13-23(29)35-21-12-11-20(15-22(21)36-24(30)14-19(7)9-2)16-27(25(31)32,28-17(4)5)37-26(33)34-10-3/h11-12,15,17-19,28H,8-10,13-14,16H2,1-7H3,(H,31,32)/t18?,19?,27-/m0/s1. The highest BCUT2D eigenvalue weighted by Crippen LogP contribution is 2.32. The number of hydrogen-bond donors (Lipinski definition) is 2. The van der Waals surface area contributed by atoms with E-state index in [9.17, 15) is 24.3 Å². The Hall–Kier alpha value is -3.14. The van der Waals surface area contributed by atoms with E-state index < -0.39 is 29.8 Å². The number of ether oxygens (including phenoxy) is 4. The molecule has 0 bridgehead atoms. The molecule has 0 aromatic heterocycles. The van der Waals surface area contributed by atoms with Crippen LogP contribution < -0.4 is 14.8 Å². The lowest BCUT2D eigenvalue weighted by Gasteiger charge is -2.31. The van der Waals surface area contributed by atoms with E-state index in [-0.39, 0.29) is 55.2 Å². The van der Waals surface area contributed by atoms with Crippen molar-refractivity contribution >= 4 is 24.1 Å². The maximum Gasteiger partial charge on any atom is 0.510 e. The molecular weight excluding hydrogens is 482 g/mol. The van der Waals surface area contributed by atoms with Crippen LogP contribution >= 0.6 is 0 Å². The molecule has 3 atom stereocenters. The number of rotatable bonds is 15. The van der Waals surface area contributed by atoms with Crippen LogP contribution in [-0.4, -0.2) is 47.5 Å². The van der Waals surface area contributed by atoms with Crippen LogP contribution in [0.25, 0.3) is 0 Å². The molecule has 1 aromatic rings. The number of benzene rings is 1. The maximum atomic E-state index is 12.6. The van der Waals surface area contributed by atoms with Gasteiger partial charge in [-0.25, -0.2) is 9.59 Å². The molecule has 37 heavy (non-hydrogen) atoms. The lowest BCUT2D eigenvalue weighted by molar-refractivity contribution is -0.166. The summed E-state index contributed by atoms with van der Waals surface area (Å²) in [6, 6.07) is 3.99. The first-order valence-electron chi connectivity index (χ1n) is 12.8. The minimum Gasteiger partial charge on any atom is -0.477 e. The fraction of sp³-hybridized carbons (Fsp3) is 0.630. The van der Waals surface area contributed by atoms with Crippen LogP contribution in [0.2, 0.25) is 0 Å². The van der Waals surface area contributed by atoms with Crippen molar-refractivity contribution in [1.29, 1.82) is 0 Å². The Morgan fingerprint density at radius 3 is 1.89 bits per heavy atom. The van der Waals surface area contributed by atoms with Crippen LogP contribution in [0.5, 0.6) is 11.5 Å². The summed E-state index contributed by atoms with van der Waals surface area (Å²) in [5.41, 5.74) is -1.80. The number of aliphatic carboxylic acids is 1. The molecule has 0 saturated heterocycles. The van der Waals surface area contributed by atoms with Gasteiger partial charge in [0.1, 0.15) is 0 Å². The zero-order valence-corrected chi connectivity index (χ0v) is 22.9. The largest absolute Gasteiger partial charge is 0.510 e. The lowest BCUT2D eigenvalue weighted by atomic mass is 10.0. The van der Waals surface area contributed by atoms with E-state index in [0.717, 1.165) is 12.8 Å². The van der Waals surface area contributed by atoms with Crippen LogP contribution in [0.3, 0.4) is 0 Å². The highest BCUT2D eigenvalue weighted by Gasteiger charge is 2.44. The van der Waals surface area contributed by atoms with Gasteiger partial charge in [-0.2, -0.15) is 0 Å². The first-order chi connectivity index (χ1) is 17.3. The molecule has 2 N–H and O–H groups in total. The Bertz CT molecular complexity index is 930. The van der Waals surface area contributed by atoms with Crippen LogP contribution in [0.15, 0.2) is 18.2 Å². The first kappa shape index (κ1) is 31.9. The predicted octanol–water partition coefficient (Wildman–Crippen LogP) is 4.86. The van der Waals surface area contributed by atoms with Crippen molar-refractivity contribution in [2.24, 2.45) is 11.8 Å². The third-order valence-corrected chi connectivity index (χ3v) is 5.72. The zero-order chi connectivity index (χ0) is 28.2. The van der Waals surface area contributed by atoms with Crippen molar-refractivity contribution in [2.45, 2.75) is 92.3 Å². The number of nitrogens with one attached hydrogen (secondary N) is 1. The molecule has 0 aliphatic heterocycles. The van der Waals surface area contributed by atoms with E-state index >= 15 is 0 Å². The molecule has 2 unspecified atom stereocenters. The molecule has 0 fully saturated rings. The number of esters is 2. The molecule has 208 valence electrons. The van der Waals surface area contributed by atoms with Gasteiger partial charge in [0.15, 0.2) is 11.5 Å². The van der Waals surface area contributed by atoms with Gasteiger partial charge in [-0.3, -0.25) is 14.9 Å². The summed E-state index contributed by atoms with van der Waals surface area (Å²) in [4.78, 5) is 49.4. The van der Waals surface area contributed by atoms with Gasteiger partial charge in [-0.05, 0) is 50.3 Å². The van der Waals surface area contributed by atoms with Gasteiger partial charge in [-0.15, -0.1) is 0 Å². The maximum absolute atomic E-state index is 12.6. The van der Waals surface area contributed by atoms with Crippen molar-refractivity contribution in [3.05, 3.63) is 23.8 Å². The van der Waals surface area contributed by atoms with Crippen molar-refractivity contribution < 1.29 is 43.2 Å². The summed E-state index contributed by atoms with van der Waals surface area (Å²) in [6.45, 7) is 12.7. The summed E-state index contributed by atoms with van der Waals surface area (Å²) >= 11 is 0. The van der Waals surface area contributed by atoms with Crippen LogP contribution in [-0.2, 0) is 30.3 Å². The fourth-order valence-electron chi connectivity index (χ4n) is 3.35. The van der Waals surface area contributed by atoms with Crippen molar-refractivity contribution in [2.75, 3.05) is 6.61 Å². The van der Waals surface area contributed by atoms with E-state index in [2.05, 4.69) is 5.32 Å². The topological polar surface area (TPSA) is 137 Å². The van der Waals surface area contributed by atoms with Gasteiger partial charge >= 0.3 is 24.1 Å². The van der Waals surface area contributed by atoms with Gasteiger partial charge < -0.3 is 24.1 Å².